The number of carboxylic acids is 1. The van der Waals surface area contributed by atoms with Crippen LogP contribution in [0.5, 0.6) is 0 Å². The Kier molecular flexibility index (Phi) is 5.77. The molecule has 1 aromatic carbocycles. The van der Waals surface area contributed by atoms with Gasteiger partial charge < -0.3 is 10.4 Å². The van der Waals surface area contributed by atoms with Gasteiger partial charge in [0.1, 0.15) is 0 Å². The summed E-state index contributed by atoms with van der Waals surface area (Å²) in [6.07, 6.45) is 2.34. The van der Waals surface area contributed by atoms with Gasteiger partial charge in [0.2, 0.25) is 5.91 Å². The molecule has 0 bridgehead atoms. The van der Waals surface area contributed by atoms with Crippen LogP contribution in [0.25, 0.3) is 0 Å². The van der Waals surface area contributed by atoms with Crippen molar-refractivity contribution in [3.63, 3.8) is 0 Å². The van der Waals surface area contributed by atoms with E-state index in [1.165, 1.54) is 0 Å². The fourth-order valence-electron chi connectivity index (χ4n) is 3.14. The molecule has 0 saturated carbocycles. The van der Waals surface area contributed by atoms with Gasteiger partial charge >= 0.3 is 5.97 Å². The molecule has 5 heteroatoms. The first-order chi connectivity index (χ1) is 11.0. The standard InChI is InChI=1S/C18H26N2O3/c1-4-13-7-6-8-14(5-2)16(13)19-17(21)12(3)20-10-9-15(11-20)18(22)23/h6-8,12,15H,4-5,9-11H2,1-3H3,(H,19,21)(H,22,23). The number of nitrogens with zero attached hydrogens (tertiary/aromatic N) is 1. The van der Waals surface area contributed by atoms with Gasteiger partial charge in [-0.25, -0.2) is 0 Å². The number of hydrogen-bond donors (Lipinski definition) is 2. The molecule has 1 aromatic rings. The first-order valence-electron chi connectivity index (χ1n) is 8.36. The quantitative estimate of drug-likeness (QED) is 0.846. The van der Waals surface area contributed by atoms with Crippen LogP contribution in [-0.2, 0) is 22.4 Å². The van der Waals surface area contributed by atoms with Crippen LogP contribution in [0.15, 0.2) is 18.2 Å². The van der Waals surface area contributed by atoms with E-state index in [1.807, 2.05) is 30.0 Å². The summed E-state index contributed by atoms with van der Waals surface area (Å²) in [5.41, 5.74) is 3.19. The monoisotopic (exact) mass is 318 g/mol. The summed E-state index contributed by atoms with van der Waals surface area (Å²) in [5.74, 6) is -1.20. The lowest BCUT2D eigenvalue weighted by molar-refractivity contribution is -0.141. The third kappa shape index (κ3) is 3.91. The second-order valence-corrected chi connectivity index (χ2v) is 6.14. The van der Waals surface area contributed by atoms with E-state index in [0.717, 1.165) is 29.7 Å². The Hall–Kier alpha value is -1.88. The maximum Gasteiger partial charge on any atom is 0.307 e. The molecule has 1 heterocycles. The normalized spacial score (nSPS) is 19.5. The molecule has 1 saturated heterocycles. The van der Waals surface area contributed by atoms with Gasteiger partial charge in [-0.1, -0.05) is 32.0 Å². The molecule has 2 unspecified atom stereocenters. The number of hydrogen-bond acceptors (Lipinski definition) is 3. The largest absolute Gasteiger partial charge is 0.481 e. The maximum atomic E-state index is 12.6. The molecular weight excluding hydrogens is 292 g/mol. The van der Waals surface area contributed by atoms with Crippen molar-refractivity contribution in [2.75, 3.05) is 18.4 Å². The number of nitrogens with one attached hydrogen (secondary N) is 1. The number of aryl methyl sites for hydroxylation is 2. The fraction of sp³-hybridized carbons (Fsp3) is 0.556. The Morgan fingerprint density at radius 2 is 1.91 bits per heavy atom. The van der Waals surface area contributed by atoms with E-state index in [-0.39, 0.29) is 17.9 Å². The number of para-hydroxylation sites is 1. The molecule has 1 amide bonds. The number of carbonyl (C=O) groups is 2. The molecule has 23 heavy (non-hydrogen) atoms. The number of rotatable bonds is 6. The van der Waals surface area contributed by atoms with E-state index >= 15 is 0 Å². The number of carboxylic acid groups (broad SMARTS) is 1. The summed E-state index contributed by atoms with van der Waals surface area (Å²) in [7, 11) is 0. The molecule has 0 spiro atoms. The van der Waals surface area contributed by atoms with Gasteiger partial charge in [0.25, 0.3) is 0 Å². The smallest absolute Gasteiger partial charge is 0.307 e. The lowest BCUT2D eigenvalue weighted by Gasteiger charge is -2.24. The molecule has 1 fully saturated rings. The van der Waals surface area contributed by atoms with E-state index in [2.05, 4.69) is 19.2 Å². The van der Waals surface area contributed by atoms with Gasteiger partial charge in [-0.05, 0) is 43.9 Å². The lowest BCUT2D eigenvalue weighted by atomic mass is 10.0. The van der Waals surface area contributed by atoms with E-state index < -0.39 is 5.97 Å². The fourth-order valence-corrected chi connectivity index (χ4v) is 3.14. The van der Waals surface area contributed by atoms with Crippen molar-refractivity contribution in [2.45, 2.75) is 46.1 Å². The average Bonchev–Trinajstić information content (AvgIpc) is 3.04. The predicted molar refractivity (Wildman–Crippen MR) is 90.6 cm³/mol. The minimum absolute atomic E-state index is 0.0633. The molecular formula is C18H26N2O3. The van der Waals surface area contributed by atoms with Crippen LogP contribution in [0, 0.1) is 5.92 Å². The maximum absolute atomic E-state index is 12.6. The Morgan fingerprint density at radius 1 is 1.30 bits per heavy atom. The zero-order valence-electron chi connectivity index (χ0n) is 14.1. The zero-order chi connectivity index (χ0) is 17.0. The molecule has 0 radical (unpaired) electrons. The van der Waals surface area contributed by atoms with Crippen molar-refractivity contribution in [3.8, 4) is 0 Å². The Balaban J connectivity index is 2.09. The summed E-state index contributed by atoms with van der Waals surface area (Å²) in [4.78, 5) is 25.6. The third-order valence-electron chi connectivity index (χ3n) is 4.74. The summed E-state index contributed by atoms with van der Waals surface area (Å²) >= 11 is 0. The van der Waals surface area contributed by atoms with Crippen LogP contribution in [-0.4, -0.2) is 41.0 Å². The molecule has 2 N–H and O–H groups in total. The number of amides is 1. The van der Waals surface area contributed by atoms with Crippen LogP contribution in [0.4, 0.5) is 5.69 Å². The first kappa shape index (κ1) is 17.5. The summed E-state index contributed by atoms with van der Waals surface area (Å²) in [6.45, 7) is 7.10. The van der Waals surface area contributed by atoms with Crippen LogP contribution in [0.1, 0.15) is 38.3 Å². The highest BCUT2D eigenvalue weighted by molar-refractivity contribution is 5.96. The van der Waals surface area contributed by atoms with Crippen LogP contribution in [0.2, 0.25) is 0 Å². The number of anilines is 1. The molecule has 0 aliphatic carbocycles. The van der Waals surface area contributed by atoms with E-state index in [1.54, 1.807) is 0 Å². The Labute approximate surface area is 137 Å². The molecule has 1 aliphatic heterocycles. The number of aliphatic carboxylic acids is 1. The first-order valence-corrected chi connectivity index (χ1v) is 8.36. The van der Waals surface area contributed by atoms with E-state index in [4.69, 9.17) is 5.11 Å². The zero-order valence-corrected chi connectivity index (χ0v) is 14.1. The van der Waals surface area contributed by atoms with Gasteiger partial charge in [-0.2, -0.15) is 0 Å². The van der Waals surface area contributed by atoms with Gasteiger partial charge in [0.05, 0.1) is 12.0 Å². The summed E-state index contributed by atoms with van der Waals surface area (Å²) in [5, 5.41) is 12.2. The van der Waals surface area contributed by atoms with Gasteiger partial charge in [0, 0.05) is 12.2 Å². The second-order valence-electron chi connectivity index (χ2n) is 6.14. The minimum atomic E-state index is -0.773. The predicted octanol–water partition coefficient (Wildman–Crippen LogP) is 2.54. The van der Waals surface area contributed by atoms with Crippen molar-refractivity contribution < 1.29 is 14.7 Å². The molecule has 2 atom stereocenters. The molecule has 5 nitrogen and oxygen atoms in total. The highest BCUT2D eigenvalue weighted by Gasteiger charge is 2.33. The van der Waals surface area contributed by atoms with Crippen LogP contribution < -0.4 is 5.32 Å². The minimum Gasteiger partial charge on any atom is -0.481 e. The summed E-state index contributed by atoms with van der Waals surface area (Å²) in [6, 6.07) is 5.77. The van der Waals surface area contributed by atoms with Crippen molar-refractivity contribution in [1.29, 1.82) is 0 Å². The van der Waals surface area contributed by atoms with Crippen molar-refractivity contribution in [1.82, 2.24) is 4.90 Å². The SMILES string of the molecule is CCc1cccc(CC)c1NC(=O)C(C)N1CCC(C(=O)O)C1. The highest BCUT2D eigenvalue weighted by Crippen LogP contribution is 2.24. The van der Waals surface area contributed by atoms with Crippen LogP contribution >= 0.6 is 0 Å². The molecule has 126 valence electrons. The number of benzene rings is 1. The highest BCUT2D eigenvalue weighted by atomic mass is 16.4. The van der Waals surface area contributed by atoms with Gasteiger partial charge in [-0.15, -0.1) is 0 Å². The molecule has 1 aliphatic rings. The van der Waals surface area contributed by atoms with E-state index in [9.17, 15) is 9.59 Å². The topological polar surface area (TPSA) is 69.6 Å². The van der Waals surface area contributed by atoms with E-state index in [0.29, 0.717) is 19.5 Å². The third-order valence-corrected chi connectivity index (χ3v) is 4.74. The van der Waals surface area contributed by atoms with Crippen molar-refractivity contribution in [2.24, 2.45) is 5.92 Å². The summed E-state index contributed by atoms with van der Waals surface area (Å²) < 4.78 is 0. The van der Waals surface area contributed by atoms with Crippen LogP contribution in [0.3, 0.4) is 0 Å². The average molecular weight is 318 g/mol. The second kappa shape index (κ2) is 7.59. The van der Waals surface area contributed by atoms with Gasteiger partial charge in [0.15, 0.2) is 0 Å². The number of likely N-dealkylation sites (tertiary alicyclic amines) is 1. The molecule has 2 rings (SSSR count). The van der Waals surface area contributed by atoms with Gasteiger partial charge in [-0.3, -0.25) is 14.5 Å². The van der Waals surface area contributed by atoms with Crippen molar-refractivity contribution in [3.05, 3.63) is 29.3 Å². The Bertz CT molecular complexity index is 563. The Morgan fingerprint density at radius 3 is 2.39 bits per heavy atom. The molecule has 0 aromatic heterocycles. The number of carbonyl (C=O) groups excluding carboxylic acids is 1. The lowest BCUT2D eigenvalue weighted by Crippen LogP contribution is -2.41. The van der Waals surface area contributed by atoms with Crippen molar-refractivity contribution >= 4 is 17.6 Å².